The van der Waals surface area contributed by atoms with Crippen LogP contribution in [0.3, 0.4) is 0 Å². The first-order chi connectivity index (χ1) is 11.9. The molecule has 25 heavy (non-hydrogen) atoms. The summed E-state index contributed by atoms with van der Waals surface area (Å²) in [6, 6.07) is 13.1. The van der Waals surface area contributed by atoms with Gasteiger partial charge in [0.1, 0.15) is 5.75 Å². The summed E-state index contributed by atoms with van der Waals surface area (Å²) in [6.45, 7) is 1.35. The summed E-state index contributed by atoms with van der Waals surface area (Å²) in [5.74, 6) is 6.04. The van der Waals surface area contributed by atoms with Crippen LogP contribution < -0.4 is 14.8 Å². The average Bonchev–Trinajstić information content (AvgIpc) is 2.59. The van der Waals surface area contributed by atoms with E-state index in [9.17, 15) is 13.2 Å². The Morgan fingerprint density at radius 1 is 1.12 bits per heavy atom. The molecular weight excluding hydrogens is 340 g/mol. The lowest BCUT2D eigenvalue weighted by Crippen LogP contribution is -2.24. The van der Waals surface area contributed by atoms with Crippen molar-refractivity contribution >= 4 is 21.6 Å². The number of para-hydroxylation sites is 1. The quantitative estimate of drug-likeness (QED) is 0.801. The third-order valence-corrected chi connectivity index (χ3v) is 4.58. The van der Waals surface area contributed by atoms with Crippen molar-refractivity contribution in [2.45, 2.75) is 11.8 Å². The van der Waals surface area contributed by atoms with Crippen LogP contribution in [0.4, 0.5) is 5.69 Å². The number of amides is 1. The van der Waals surface area contributed by atoms with Gasteiger partial charge in [0.05, 0.1) is 24.1 Å². The molecule has 0 unspecified atom stereocenters. The number of hydrogen-bond acceptors (Lipinski definition) is 4. The maximum absolute atomic E-state index is 12.2. The summed E-state index contributed by atoms with van der Waals surface area (Å²) in [7, 11) is -2.12. The lowest BCUT2D eigenvalue weighted by Gasteiger charge is -2.06. The van der Waals surface area contributed by atoms with Crippen molar-refractivity contribution in [2.75, 3.05) is 19.0 Å². The number of hydrogen-bond donors (Lipinski definition) is 2. The molecular formula is C18H18N2O4S. The second-order valence-corrected chi connectivity index (χ2v) is 6.80. The first-order valence-corrected chi connectivity index (χ1v) is 8.90. The highest BCUT2D eigenvalue weighted by Crippen LogP contribution is 2.15. The van der Waals surface area contributed by atoms with Gasteiger partial charge < -0.3 is 10.1 Å². The van der Waals surface area contributed by atoms with E-state index in [2.05, 4.69) is 21.9 Å². The second-order valence-electron chi connectivity index (χ2n) is 5.03. The highest BCUT2D eigenvalue weighted by molar-refractivity contribution is 7.89. The maximum Gasteiger partial charge on any atom is 0.241 e. The molecule has 2 aromatic rings. The molecule has 1 amide bonds. The van der Waals surface area contributed by atoms with E-state index < -0.39 is 10.0 Å². The minimum atomic E-state index is -3.67. The molecule has 0 radical (unpaired) electrons. The normalized spacial score (nSPS) is 10.5. The Balaban J connectivity index is 2.02. The van der Waals surface area contributed by atoms with E-state index in [4.69, 9.17) is 4.74 Å². The number of nitrogens with one attached hydrogen (secondary N) is 2. The number of carbonyl (C=O) groups excluding carboxylic acids is 1. The van der Waals surface area contributed by atoms with Gasteiger partial charge in [0.15, 0.2) is 0 Å². The molecule has 0 aliphatic heterocycles. The number of methoxy groups -OCH3 is 1. The molecule has 0 saturated heterocycles. The van der Waals surface area contributed by atoms with E-state index in [1.54, 1.807) is 19.2 Å². The largest absolute Gasteiger partial charge is 0.495 e. The topological polar surface area (TPSA) is 84.5 Å². The van der Waals surface area contributed by atoms with Gasteiger partial charge in [0.25, 0.3) is 0 Å². The van der Waals surface area contributed by atoms with Gasteiger partial charge in [-0.3, -0.25) is 4.79 Å². The molecule has 0 heterocycles. The maximum atomic E-state index is 12.2. The van der Waals surface area contributed by atoms with E-state index in [-0.39, 0.29) is 17.3 Å². The molecule has 2 N–H and O–H groups in total. The van der Waals surface area contributed by atoms with Gasteiger partial charge in [-0.25, -0.2) is 8.42 Å². The van der Waals surface area contributed by atoms with Crippen LogP contribution in [0.15, 0.2) is 53.4 Å². The summed E-state index contributed by atoms with van der Waals surface area (Å²) in [4.78, 5) is 11.1. The minimum absolute atomic E-state index is 0.0339. The van der Waals surface area contributed by atoms with Crippen LogP contribution in [-0.2, 0) is 14.8 Å². The number of sulfonamides is 1. The molecule has 0 bridgehead atoms. The molecule has 6 nitrogen and oxygen atoms in total. The van der Waals surface area contributed by atoms with Gasteiger partial charge in [-0.15, -0.1) is 0 Å². The van der Waals surface area contributed by atoms with Crippen LogP contribution in [0.5, 0.6) is 5.75 Å². The van der Waals surface area contributed by atoms with Crippen LogP contribution in [0.2, 0.25) is 0 Å². The van der Waals surface area contributed by atoms with Gasteiger partial charge in [0.2, 0.25) is 15.9 Å². The van der Waals surface area contributed by atoms with Gasteiger partial charge >= 0.3 is 0 Å². The molecule has 0 aliphatic carbocycles. The third kappa shape index (κ3) is 5.35. The fraction of sp³-hybridized carbons (Fsp3) is 0.167. The number of ether oxygens (including phenoxy) is 1. The van der Waals surface area contributed by atoms with E-state index >= 15 is 0 Å². The van der Waals surface area contributed by atoms with Crippen LogP contribution >= 0.6 is 0 Å². The minimum Gasteiger partial charge on any atom is -0.495 e. The molecule has 0 atom stereocenters. The predicted molar refractivity (Wildman–Crippen MR) is 95.8 cm³/mol. The zero-order chi connectivity index (χ0) is 18.3. The molecule has 0 aromatic heterocycles. The van der Waals surface area contributed by atoms with Gasteiger partial charge in [-0.2, -0.15) is 4.72 Å². The van der Waals surface area contributed by atoms with E-state index in [0.717, 1.165) is 0 Å². The SMILES string of the molecule is COc1ccccc1C#CCNS(=O)(=O)c1ccc(NC(C)=O)cc1. The Morgan fingerprint density at radius 3 is 2.44 bits per heavy atom. The summed E-state index contributed by atoms with van der Waals surface area (Å²) >= 11 is 0. The molecule has 0 saturated carbocycles. The van der Waals surface area contributed by atoms with Crippen LogP contribution in [0.25, 0.3) is 0 Å². The fourth-order valence-corrected chi connectivity index (χ4v) is 2.95. The smallest absolute Gasteiger partial charge is 0.241 e. The van der Waals surface area contributed by atoms with Gasteiger partial charge in [-0.05, 0) is 36.4 Å². The number of benzene rings is 2. The summed E-state index contributed by atoms with van der Waals surface area (Å²) < 4.78 is 32.0. The first kappa shape index (κ1) is 18.5. The number of anilines is 1. The Bertz CT molecular complexity index is 910. The molecule has 7 heteroatoms. The van der Waals surface area contributed by atoms with Crippen LogP contribution in [0.1, 0.15) is 12.5 Å². The Morgan fingerprint density at radius 2 is 1.80 bits per heavy atom. The van der Waals surface area contributed by atoms with E-state index in [1.165, 1.54) is 31.2 Å². The van der Waals surface area contributed by atoms with Crippen LogP contribution in [0, 0.1) is 11.8 Å². The van der Waals surface area contributed by atoms with Crippen molar-refractivity contribution in [1.29, 1.82) is 0 Å². The molecule has 0 aliphatic rings. The number of rotatable bonds is 5. The molecule has 2 rings (SSSR count). The highest BCUT2D eigenvalue weighted by Gasteiger charge is 2.12. The Kier molecular flexibility index (Phi) is 6.17. The second kappa shape index (κ2) is 8.33. The zero-order valence-corrected chi connectivity index (χ0v) is 14.7. The summed E-state index contributed by atoms with van der Waals surface area (Å²) in [5, 5.41) is 2.58. The van der Waals surface area contributed by atoms with Crippen LogP contribution in [-0.4, -0.2) is 28.0 Å². The van der Waals surface area contributed by atoms with E-state index in [1.807, 2.05) is 12.1 Å². The van der Waals surface area contributed by atoms with Gasteiger partial charge in [0, 0.05) is 12.6 Å². The van der Waals surface area contributed by atoms with Crippen molar-refractivity contribution in [3.05, 3.63) is 54.1 Å². The summed E-state index contributed by atoms with van der Waals surface area (Å²) in [6.07, 6.45) is 0. The van der Waals surface area contributed by atoms with Gasteiger partial charge in [-0.1, -0.05) is 24.0 Å². The molecule has 0 spiro atoms. The predicted octanol–water partition coefficient (Wildman–Crippen LogP) is 1.98. The lowest BCUT2D eigenvalue weighted by molar-refractivity contribution is -0.114. The Hall–Kier alpha value is -2.82. The molecule has 0 fully saturated rings. The lowest BCUT2D eigenvalue weighted by atomic mass is 10.2. The standard InChI is InChI=1S/C18H18N2O4S/c1-14(21)20-16-9-11-17(12-10-16)25(22,23)19-13-5-7-15-6-3-4-8-18(15)24-2/h3-4,6,8-12,19H,13H2,1-2H3,(H,20,21). The van der Waals surface area contributed by atoms with E-state index in [0.29, 0.717) is 17.0 Å². The van der Waals surface area contributed by atoms with Crippen molar-refractivity contribution in [1.82, 2.24) is 4.72 Å². The summed E-state index contributed by atoms with van der Waals surface area (Å²) in [5.41, 5.74) is 1.21. The molecule has 130 valence electrons. The zero-order valence-electron chi connectivity index (χ0n) is 13.9. The average molecular weight is 358 g/mol. The fourth-order valence-electron chi connectivity index (χ4n) is 2.02. The monoisotopic (exact) mass is 358 g/mol. The third-order valence-electron chi connectivity index (χ3n) is 3.17. The van der Waals surface area contributed by atoms with Crippen molar-refractivity contribution < 1.29 is 17.9 Å². The Labute approximate surface area is 147 Å². The van der Waals surface area contributed by atoms with Crippen molar-refractivity contribution in [3.8, 4) is 17.6 Å². The number of carbonyl (C=O) groups is 1. The molecule has 2 aromatic carbocycles. The van der Waals surface area contributed by atoms with Crippen molar-refractivity contribution in [2.24, 2.45) is 0 Å². The first-order valence-electron chi connectivity index (χ1n) is 7.41. The highest BCUT2D eigenvalue weighted by atomic mass is 32.2. The van der Waals surface area contributed by atoms with Crippen molar-refractivity contribution in [3.63, 3.8) is 0 Å².